The number of ether oxygens (including phenoxy) is 2. The van der Waals surface area contributed by atoms with Crippen LogP contribution in [0.3, 0.4) is 0 Å². The Balaban J connectivity index is 1.32. The van der Waals surface area contributed by atoms with Crippen LogP contribution in [0.4, 0.5) is 5.69 Å². The number of aliphatic hydroxyl groups excluding tert-OH is 1. The highest BCUT2D eigenvalue weighted by Gasteiger charge is 2.44. The van der Waals surface area contributed by atoms with E-state index in [-0.39, 0.29) is 12.5 Å². The van der Waals surface area contributed by atoms with E-state index in [1.807, 2.05) is 18.2 Å². The maximum Gasteiger partial charge on any atom is 0.251 e. The van der Waals surface area contributed by atoms with Crippen molar-refractivity contribution in [3.8, 4) is 11.5 Å². The number of nitrogens with one attached hydrogen (secondary N) is 1. The van der Waals surface area contributed by atoms with Gasteiger partial charge in [-0.15, -0.1) is 0 Å². The molecule has 6 nitrogen and oxygen atoms in total. The summed E-state index contributed by atoms with van der Waals surface area (Å²) < 4.78 is 12.0. The summed E-state index contributed by atoms with van der Waals surface area (Å²) in [5, 5.41) is 12.1. The average Bonchev–Trinajstić information content (AvgIpc) is 3.21. The first kappa shape index (κ1) is 16.7. The van der Waals surface area contributed by atoms with Crippen LogP contribution < -0.4 is 14.8 Å². The molecule has 2 aliphatic heterocycles. The number of piperidine rings is 1. The molecular formula is C19H26N2O4. The van der Waals surface area contributed by atoms with Gasteiger partial charge in [0.1, 0.15) is 0 Å². The molecule has 0 bridgehead atoms. The Morgan fingerprint density at radius 3 is 2.64 bits per heavy atom. The molecule has 0 unspecified atom stereocenters. The maximum atomic E-state index is 12.3. The van der Waals surface area contributed by atoms with Gasteiger partial charge in [0.15, 0.2) is 11.5 Å². The van der Waals surface area contributed by atoms with Crippen molar-refractivity contribution in [2.75, 3.05) is 31.6 Å². The molecule has 2 N–H and O–H groups in total. The molecule has 1 amide bonds. The van der Waals surface area contributed by atoms with Crippen LogP contribution in [0.15, 0.2) is 18.2 Å². The van der Waals surface area contributed by atoms with Gasteiger partial charge in [0, 0.05) is 31.2 Å². The zero-order valence-electron chi connectivity index (χ0n) is 14.5. The third-order valence-corrected chi connectivity index (χ3v) is 5.52. The highest BCUT2D eigenvalue weighted by Crippen LogP contribution is 2.47. The number of hydrogen-bond acceptors (Lipinski definition) is 5. The van der Waals surface area contributed by atoms with E-state index in [0.29, 0.717) is 12.5 Å². The second-order valence-corrected chi connectivity index (χ2v) is 7.43. The first-order valence-corrected chi connectivity index (χ1v) is 9.31. The van der Waals surface area contributed by atoms with E-state index in [9.17, 15) is 9.90 Å². The van der Waals surface area contributed by atoms with Crippen molar-refractivity contribution in [3.05, 3.63) is 18.2 Å². The third-order valence-electron chi connectivity index (χ3n) is 5.52. The summed E-state index contributed by atoms with van der Waals surface area (Å²) in [6.07, 6.45) is 6.02. The van der Waals surface area contributed by atoms with E-state index in [4.69, 9.17) is 9.47 Å². The van der Waals surface area contributed by atoms with Crippen LogP contribution in [0.5, 0.6) is 11.5 Å². The molecule has 4 rings (SSSR count). The molecule has 6 heteroatoms. The van der Waals surface area contributed by atoms with Gasteiger partial charge in [-0.25, -0.2) is 0 Å². The van der Waals surface area contributed by atoms with Crippen molar-refractivity contribution in [1.82, 2.24) is 4.90 Å². The fourth-order valence-corrected chi connectivity index (χ4v) is 4.02. The van der Waals surface area contributed by atoms with Gasteiger partial charge < -0.3 is 19.9 Å². The van der Waals surface area contributed by atoms with Gasteiger partial charge >= 0.3 is 0 Å². The zero-order chi connectivity index (χ0) is 17.3. The Bertz CT molecular complexity index is 634. The maximum absolute atomic E-state index is 12.3. The second-order valence-electron chi connectivity index (χ2n) is 7.43. The van der Waals surface area contributed by atoms with Crippen molar-refractivity contribution in [1.29, 1.82) is 0 Å². The highest BCUT2D eigenvalue weighted by molar-refractivity contribution is 5.92. The predicted octanol–water partition coefficient (Wildman–Crippen LogP) is 2.37. The number of carbonyl (C=O) groups is 1. The SMILES string of the molecule is O=C(CN1CCC(CO)CC1)Nc1ccc2c(c1)OC1(CCCC1)O2. The quantitative estimate of drug-likeness (QED) is 0.876. The summed E-state index contributed by atoms with van der Waals surface area (Å²) in [6, 6.07) is 5.61. The first-order chi connectivity index (χ1) is 12.2. The summed E-state index contributed by atoms with van der Waals surface area (Å²) >= 11 is 0. The van der Waals surface area contributed by atoms with E-state index in [2.05, 4.69) is 10.2 Å². The number of benzene rings is 1. The number of anilines is 1. The van der Waals surface area contributed by atoms with Crippen LogP contribution in [-0.4, -0.2) is 47.9 Å². The number of hydrogen-bond donors (Lipinski definition) is 2. The van der Waals surface area contributed by atoms with Crippen molar-refractivity contribution in [2.45, 2.75) is 44.3 Å². The lowest BCUT2D eigenvalue weighted by atomic mass is 9.98. The molecule has 1 saturated heterocycles. The molecule has 0 aromatic heterocycles. The molecule has 1 saturated carbocycles. The predicted molar refractivity (Wildman–Crippen MR) is 93.8 cm³/mol. The summed E-state index contributed by atoms with van der Waals surface area (Å²) in [7, 11) is 0. The van der Waals surface area contributed by atoms with Gasteiger partial charge in [0.2, 0.25) is 5.91 Å². The topological polar surface area (TPSA) is 71.0 Å². The van der Waals surface area contributed by atoms with Crippen molar-refractivity contribution in [2.24, 2.45) is 5.92 Å². The minimum atomic E-state index is -0.470. The van der Waals surface area contributed by atoms with Gasteiger partial charge in [-0.1, -0.05) is 0 Å². The van der Waals surface area contributed by atoms with Gasteiger partial charge in [0.25, 0.3) is 5.79 Å². The molecular weight excluding hydrogens is 320 g/mol. The smallest absolute Gasteiger partial charge is 0.251 e. The van der Waals surface area contributed by atoms with Crippen molar-refractivity contribution in [3.63, 3.8) is 0 Å². The molecule has 1 spiro atoms. The van der Waals surface area contributed by atoms with E-state index in [0.717, 1.165) is 68.8 Å². The molecule has 1 aromatic carbocycles. The molecule has 3 aliphatic rings. The summed E-state index contributed by atoms with van der Waals surface area (Å²) in [4.78, 5) is 14.4. The Labute approximate surface area is 148 Å². The van der Waals surface area contributed by atoms with Crippen LogP contribution >= 0.6 is 0 Å². The monoisotopic (exact) mass is 346 g/mol. The molecule has 1 aromatic rings. The fourth-order valence-electron chi connectivity index (χ4n) is 4.02. The van der Waals surface area contributed by atoms with Crippen LogP contribution in [0.25, 0.3) is 0 Å². The summed E-state index contributed by atoms with van der Waals surface area (Å²) in [6.45, 7) is 2.36. The number of fused-ring (bicyclic) bond motifs is 1. The molecule has 2 heterocycles. The lowest BCUT2D eigenvalue weighted by Gasteiger charge is -2.30. The van der Waals surface area contributed by atoms with E-state index < -0.39 is 5.79 Å². The lowest BCUT2D eigenvalue weighted by Crippen LogP contribution is -2.39. The second kappa shape index (κ2) is 6.84. The molecule has 1 aliphatic carbocycles. The number of likely N-dealkylation sites (tertiary alicyclic amines) is 1. The zero-order valence-corrected chi connectivity index (χ0v) is 14.5. The minimum Gasteiger partial charge on any atom is -0.448 e. The third kappa shape index (κ3) is 3.60. The van der Waals surface area contributed by atoms with E-state index >= 15 is 0 Å². The largest absolute Gasteiger partial charge is 0.448 e. The summed E-state index contributed by atoms with van der Waals surface area (Å²) in [5.74, 6) is 1.39. The van der Waals surface area contributed by atoms with Crippen molar-refractivity contribution < 1.29 is 19.4 Å². The van der Waals surface area contributed by atoms with E-state index in [1.54, 1.807) is 0 Å². The Morgan fingerprint density at radius 1 is 1.20 bits per heavy atom. The molecule has 136 valence electrons. The Morgan fingerprint density at radius 2 is 1.92 bits per heavy atom. The molecule has 2 fully saturated rings. The van der Waals surface area contributed by atoms with Gasteiger partial charge in [-0.05, 0) is 56.8 Å². The Hall–Kier alpha value is -1.79. The van der Waals surface area contributed by atoms with Crippen LogP contribution in [0.2, 0.25) is 0 Å². The molecule has 0 radical (unpaired) electrons. The van der Waals surface area contributed by atoms with Crippen LogP contribution in [0.1, 0.15) is 38.5 Å². The Kier molecular flexibility index (Phi) is 4.56. The summed E-state index contributed by atoms with van der Waals surface area (Å²) in [5.41, 5.74) is 0.743. The first-order valence-electron chi connectivity index (χ1n) is 9.31. The normalized spacial score (nSPS) is 22.4. The fraction of sp³-hybridized carbons (Fsp3) is 0.632. The van der Waals surface area contributed by atoms with Gasteiger partial charge in [0.05, 0.1) is 6.54 Å². The number of rotatable bonds is 4. The van der Waals surface area contributed by atoms with Gasteiger partial charge in [-0.3, -0.25) is 9.69 Å². The van der Waals surface area contributed by atoms with Crippen LogP contribution in [-0.2, 0) is 4.79 Å². The number of aliphatic hydroxyl groups is 1. The van der Waals surface area contributed by atoms with E-state index in [1.165, 1.54) is 0 Å². The lowest BCUT2D eigenvalue weighted by molar-refractivity contribution is -0.117. The minimum absolute atomic E-state index is 0.0168. The van der Waals surface area contributed by atoms with Gasteiger partial charge in [-0.2, -0.15) is 0 Å². The molecule has 25 heavy (non-hydrogen) atoms. The van der Waals surface area contributed by atoms with Crippen LogP contribution in [0, 0.1) is 5.92 Å². The number of amides is 1. The average molecular weight is 346 g/mol. The number of carbonyl (C=O) groups excluding carboxylic acids is 1. The van der Waals surface area contributed by atoms with Crippen molar-refractivity contribution >= 4 is 11.6 Å². The highest BCUT2D eigenvalue weighted by atomic mass is 16.7. The number of nitrogens with zero attached hydrogens (tertiary/aromatic N) is 1. The molecule has 0 atom stereocenters. The standard InChI is InChI=1S/C19H26N2O4/c22-13-14-5-9-21(10-6-14)12-18(23)20-15-3-4-16-17(11-15)25-19(24-16)7-1-2-8-19/h3-4,11,14,22H,1-2,5-10,12-13H2,(H,20,23).